The van der Waals surface area contributed by atoms with Gasteiger partial charge in [-0.1, -0.05) is 42.8 Å². The van der Waals surface area contributed by atoms with Gasteiger partial charge in [0.25, 0.3) is 0 Å². The van der Waals surface area contributed by atoms with Gasteiger partial charge < -0.3 is 5.11 Å². The van der Waals surface area contributed by atoms with Crippen molar-refractivity contribution < 1.29 is 5.11 Å². The van der Waals surface area contributed by atoms with Gasteiger partial charge in [-0.15, -0.1) is 0 Å². The topological polar surface area (TPSA) is 20.2 Å². The number of halogens is 1. The molecule has 1 unspecified atom stereocenters. The third-order valence-electron chi connectivity index (χ3n) is 5.31. The minimum Gasteiger partial charge on any atom is -0.388 e. The maximum absolute atomic E-state index is 10.8. The van der Waals surface area contributed by atoms with Crippen LogP contribution in [0, 0.1) is 31.1 Å². The zero-order valence-corrected chi connectivity index (χ0v) is 15.6. The fraction of sp³-hybridized carbons (Fsp3) is 0.684. The van der Waals surface area contributed by atoms with Crippen LogP contribution >= 0.6 is 15.9 Å². The largest absolute Gasteiger partial charge is 0.388 e. The lowest BCUT2D eigenvalue weighted by Gasteiger charge is -2.38. The Morgan fingerprint density at radius 3 is 2.14 bits per heavy atom. The molecule has 0 aliphatic heterocycles. The molecule has 0 saturated heterocycles. The molecule has 118 valence electrons. The number of hydrogen-bond donors (Lipinski definition) is 1. The molecule has 1 saturated carbocycles. The fourth-order valence-electron chi connectivity index (χ4n) is 3.68. The van der Waals surface area contributed by atoms with Crippen molar-refractivity contribution in [3.05, 3.63) is 33.3 Å². The van der Waals surface area contributed by atoms with Crippen LogP contribution in [0.5, 0.6) is 0 Å². The van der Waals surface area contributed by atoms with Crippen LogP contribution in [-0.4, -0.2) is 5.11 Å². The lowest BCUT2D eigenvalue weighted by atomic mass is 9.68. The molecule has 0 heterocycles. The van der Waals surface area contributed by atoms with Gasteiger partial charge in [0.05, 0.1) is 6.10 Å². The lowest BCUT2D eigenvalue weighted by molar-refractivity contribution is 0.0524. The molecule has 1 fully saturated rings. The van der Waals surface area contributed by atoms with E-state index in [1.807, 2.05) is 0 Å². The van der Waals surface area contributed by atoms with Crippen LogP contribution in [0.25, 0.3) is 0 Å². The Morgan fingerprint density at radius 1 is 1.05 bits per heavy atom. The highest BCUT2D eigenvalue weighted by molar-refractivity contribution is 9.10. The summed E-state index contributed by atoms with van der Waals surface area (Å²) >= 11 is 3.57. The molecule has 2 rings (SSSR count). The maximum atomic E-state index is 10.8. The van der Waals surface area contributed by atoms with Crippen LogP contribution in [0.15, 0.2) is 16.6 Å². The quantitative estimate of drug-likeness (QED) is 0.696. The van der Waals surface area contributed by atoms with Crippen molar-refractivity contribution in [2.75, 3.05) is 0 Å². The SMILES string of the molecule is Cc1cc(C(O)C2CCC(C(C)(C)C)CC2)c(C)cc1Br. The number of hydrogen-bond acceptors (Lipinski definition) is 1. The summed E-state index contributed by atoms with van der Waals surface area (Å²) in [6.45, 7) is 11.2. The van der Waals surface area contributed by atoms with E-state index in [1.165, 1.54) is 24.0 Å². The summed E-state index contributed by atoms with van der Waals surface area (Å²) in [5, 5.41) is 10.8. The van der Waals surface area contributed by atoms with Gasteiger partial charge in [0.1, 0.15) is 0 Å². The van der Waals surface area contributed by atoms with Gasteiger partial charge in [0.15, 0.2) is 0 Å². The molecule has 1 aromatic rings. The van der Waals surface area contributed by atoms with Gasteiger partial charge in [-0.05, 0) is 79.5 Å². The molecule has 0 spiro atoms. The van der Waals surface area contributed by atoms with E-state index < -0.39 is 0 Å². The van der Waals surface area contributed by atoms with Gasteiger partial charge in [0, 0.05) is 4.47 Å². The smallest absolute Gasteiger partial charge is 0.0820 e. The molecule has 1 N–H and O–H groups in total. The normalized spacial score (nSPS) is 24.9. The van der Waals surface area contributed by atoms with Gasteiger partial charge in [-0.3, -0.25) is 0 Å². The molecule has 1 aromatic carbocycles. The second kappa shape index (κ2) is 6.42. The summed E-state index contributed by atoms with van der Waals surface area (Å²) in [4.78, 5) is 0. The second-order valence-electron chi connectivity index (χ2n) is 7.88. The van der Waals surface area contributed by atoms with Crippen molar-refractivity contribution in [3.8, 4) is 0 Å². The van der Waals surface area contributed by atoms with E-state index in [1.54, 1.807) is 0 Å². The van der Waals surface area contributed by atoms with Crippen LogP contribution < -0.4 is 0 Å². The molecular formula is C19H29BrO. The van der Waals surface area contributed by atoms with Gasteiger partial charge >= 0.3 is 0 Å². The number of aryl methyl sites for hydroxylation is 2. The summed E-state index contributed by atoms with van der Waals surface area (Å²) in [5.74, 6) is 1.22. The van der Waals surface area contributed by atoms with Crippen LogP contribution in [0.2, 0.25) is 0 Å². The number of rotatable bonds is 2. The summed E-state index contributed by atoms with van der Waals surface area (Å²) in [6, 6.07) is 4.29. The van der Waals surface area contributed by atoms with E-state index in [9.17, 15) is 5.11 Å². The summed E-state index contributed by atoms with van der Waals surface area (Å²) in [5.41, 5.74) is 3.92. The number of aliphatic hydroxyl groups is 1. The standard InChI is InChI=1S/C19H29BrO/c1-12-11-17(20)13(2)10-16(12)18(21)14-6-8-15(9-7-14)19(3,4)5/h10-11,14-15,18,21H,6-9H2,1-5H3. The maximum Gasteiger partial charge on any atom is 0.0820 e. The molecular weight excluding hydrogens is 324 g/mol. The molecule has 0 radical (unpaired) electrons. The van der Waals surface area contributed by atoms with E-state index in [4.69, 9.17) is 0 Å². The van der Waals surface area contributed by atoms with Crippen LogP contribution in [0.1, 0.15) is 69.2 Å². The Labute approximate surface area is 138 Å². The Balaban J connectivity index is 2.09. The molecule has 0 amide bonds. The minimum atomic E-state index is -0.308. The Bertz CT molecular complexity index is 493. The number of benzene rings is 1. The highest BCUT2D eigenvalue weighted by Crippen LogP contribution is 2.44. The lowest BCUT2D eigenvalue weighted by Crippen LogP contribution is -2.28. The zero-order valence-electron chi connectivity index (χ0n) is 14.0. The van der Waals surface area contributed by atoms with Crippen molar-refractivity contribution in [2.45, 2.75) is 66.4 Å². The van der Waals surface area contributed by atoms with Crippen molar-refractivity contribution >= 4 is 15.9 Å². The van der Waals surface area contributed by atoms with Gasteiger partial charge in [-0.2, -0.15) is 0 Å². The van der Waals surface area contributed by atoms with Crippen molar-refractivity contribution in [1.29, 1.82) is 0 Å². The molecule has 1 nitrogen and oxygen atoms in total. The summed E-state index contributed by atoms with van der Waals surface area (Å²) < 4.78 is 1.13. The highest BCUT2D eigenvalue weighted by Gasteiger charge is 2.33. The first-order valence-electron chi connectivity index (χ1n) is 8.15. The number of aliphatic hydroxyl groups excluding tert-OH is 1. The van der Waals surface area contributed by atoms with Gasteiger partial charge in [0.2, 0.25) is 0 Å². The third-order valence-corrected chi connectivity index (χ3v) is 6.16. The molecule has 1 atom stereocenters. The van der Waals surface area contributed by atoms with Crippen molar-refractivity contribution in [2.24, 2.45) is 17.3 Å². The predicted octanol–water partition coefficient (Wildman–Crippen LogP) is 5.95. The molecule has 0 aromatic heterocycles. The van der Waals surface area contributed by atoms with Crippen LogP contribution in [0.3, 0.4) is 0 Å². The Hall–Kier alpha value is -0.340. The van der Waals surface area contributed by atoms with Crippen LogP contribution in [0.4, 0.5) is 0 Å². The molecule has 21 heavy (non-hydrogen) atoms. The van der Waals surface area contributed by atoms with Crippen LogP contribution in [-0.2, 0) is 0 Å². The van der Waals surface area contributed by atoms with Crippen molar-refractivity contribution in [1.82, 2.24) is 0 Å². The predicted molar refractivity (Wildman–Crippen MR) is 93.5 cm³/mol. The average Bonchev–Trinajstić information content (AvgIpc) is 2.41. The first-order valence-corrected chi connectivity index (χ1v) is 8.94. The third kappa shape index (κ3) is 3.90. The molecule has 2 heteroatoms. The Kier molecular flexibility index (Phi) is 5.20. The van der Waals surface area contributed by atoms with E-state index in [0.29, 0.717) is 11.3 Å². The fourth-order valence-corrected chi connectivity index (χ4v) is 4.13. The van der Waals surface area contributed by atoms with Gasteiger partial charge in [-0.25, -0.2) is 0 Å². The molecule has 0 bridgehead atoms. The minimum absolute atomic E-state index is 0.308. The van der Waals surface area contributed by atoms with E-state index in [0.717, 1.165) is 28.8 Å². The monoisotopic (exact) mass is 352 g/mol. The average molecular weight is 353 g/mol. The Morgan fingerprint density at radius 2 is 1.62 bits per heavy atom. The van der Waals surface area contributed by atoms with E-state index in [2.05, 4.69) is 62.7 Å². The van der Waals surface area contributed by atoms with E-state index in [-0.39, 0.29) is 6.10 Å². The van der Waals surface area contributed by atoms with E-state index >= 15 is 0 Å². The molecule has 1 aliphatic carbocycles. The summed E-state index contributed by atoms with van der Waals surface area (Å²) in [7, 11) is 0. The first-order chi connectivity index (χ1) is 9.70. The van der Waals surface area contributed by atoms with Crippen molar-refractivity contribution in [3.63, 3.8) is 0 Å². The second-order valence-corrected chi connectivity index (χ2v) is 8.73. The molecule has 1 aliphatic rings. The first kappa shape index (κ1) is 17.0. The highest BCUT2D eigenvalue weighted by atomic mass is 79.9. The zero-order chi connectivity index (χ0) is 15.8. The summed E-state index contributed by atoms with van der Waals surface area (Å²) in [6.07, 6.45) is 4.49.